The maximum atomic E-state index is 11.9. The third-order valence-corrected chi connectivity index (χ3v) is 3.33. The number of amides is 1. The monoisotopic (exact) mass is 346 g/mol. The number of nitrogens with zero attached hydrogens (tertiary/aromatic N) is 1. The van der Waals surface area contributed by atoms with Gasteiger partial charge in [0.15, 0.2) is 0 Å². The Labute approximate surface area is 141 Å². The zero-order valence-electron chi connectivity index (χ0n) is 12.1. The number of aromatic carboxylic acids is 1. The van der Waals surface area contributed by atoms with Gasteiger partial charge >= 0.3 is 5.97 Å². The predicted octanol–water partition coefficient (Wildman–Crippen LogP) is 3.60. The number of anilines is 1. The molecule has 2 aromatic rings. The Hall–Kier alpha value is -3.19. The van der Waals surface area contributed by atoms with Crippen LogP contribution in [0.5, 0.6) is 0 Å². The summed E-state index contributed by atoms with van der Waals surface area (Å²) in [4.78, 5) is 32.8. The number of carboxylic acids is 1. The predicted molar refractivity (Wildman–Crippen MR) is 89.2 cm³/mol. The summed E-state index contributed by atoms with van der Waals surface area (Å²) in [7, 11) is 0. The minimum Gasteiger partial charge on any atom is -0.478 e. The van der Waals surface area contributed by atoms with Crippen LogP contribution in [-0.4, -0.2) is 21.9 Å². The number of nitro groups is 1. The summed E-state index contributed by atoms with van der Waals surface area (Å²) in [6.45, 7) is 0. The van der Waals surface area contributed by atoms with Crippen molar-refractivity contribution in [3.8, 4) is 0 Å². The quantitative estimate of drug-likeness (QED) is 0.488. The Morgan fingerprint density at radius 2 is 1.83 bits per heavy atom. The molecule has 0 aliphatic heterocycles. The Kier molecular flexibility index (Phi) is 5.28. The second-order valence-corrected chi connectivity index (χ2v) is 5.08. The second kappa shape index (κ2) is 7.38. The van der Waals surface area contributed by atoms with Crippen molar-refractivity contribution < 1.29 is 19.6 Å². The van der Waals surface area contributed by atoms with Crippen molar-refractivity contribution in [3.05, 3.63) is 74.8 Å². The molecule has 0 bridgehead atoms. The van der Waals surface area contributed by atoms with Crippen LogP contribution in [0.1, 0.15) is 15.9 Å². The normalized spacial score (nSPS) is 10.5. The van der Waals surface area contributed by atoms with Gasteiger partial charge in [-0.15, -0.1) is 0 Å². The van der Waals surface area contributed by atoms with E-state index in [0.717, 1.165) is 0 Å². The summed E-state index contributed by atoms with van der Waals surface area (Å²) in [6, 6.07) is 9.60. The van der Waals surface area contributed by atoms with E-state index in [-0.39, 0.29) is 22.0 Å². The lowest BCUT2D eigenvalue weighted by atomic mass is 10.2. The second-order valence-electron chi connectivity index (χ2n) is 4.67. The Balaban J connectivity index is 2.09. The van der Waals surface area contributed by atoms with E-state index in [4.69, 9.17) is 16.7 Å². The molecule has 0 spiro atoms. The molecular formula is C16H11ClN2O5. The van der Waals surface area contributed by atoms with Gasteiger partial charge in [-0.3, -0.25) is 14.9 Å². The van der Waals surface area contributed by atoms with Crippen LogP contribution in [0.15, 0.2) is 48.5 Å². The fourth-order valence-electron chi connectivity index (χ4n) is 1.81. The minimum absolute atomic E-state index is 0.00551. The van der Waals surface area contributed by atoms with E-state index in [1.54, 1.807) is 0 Å². The van der Waals surface area contributed by atoms with Gasteiger partial charge in [0.2, 0.25) is 5.91 Å². The molecule has 0 saturated heterocycles. The zero-order valence-corrected chi connectivity index (χ0v) is 12.9. The SMILES string of the molecule is O=C(/C=C/c1ccc([N+](=O)[O-])cc1)Nc1cc(C(=O)O)ccc1Cl. The summed E-state index contributed by atoms with van der Waals surface area (Å²) in [5.41, 5.74) is 0.721. The van der Waals surface area contributed by atoms with Gasteiger partial charge in [0, 0.05) is 18.2 Å². The van der Waals surface area contributed by atoms with Crippen LogP contribution < -0.4 is 5.32 Å². The summed E-state index contributed by atoms with van der Waals surface area (Å²) in [5, 5.41) is 22.2. The number of nitrogens with one attached hydrogen (secondary N) is 1. The number of hydrogen-bond donors (Lipinski definition) is 2. The summed E-state index contributed by atoms with van der Waals surface area (Å²) in [5.74, 6) is -1.65. The van der Waals surface area contributed by atoms with Crippen LogP contribution in [0.25, 0.3) is 6.08 Å². The molecule has 8 heteroatoms. The molecule has 0 aliphatic rings. The lowest BCUT2D eigenvalue weighted by molar-refractivity contribution is -0.384. The molecule has 0 aromatic heterocycles. The molecule has 2 rings (SSSR count). The average molecular weight is 347 g/mol. The highest BCUT2D eigenvalue weighted by Gasteiger charge is 2.09. The Morgan fingerprint density at radius 3 is 2.42 bits per heavy atom. The molecule has 0 heterocycles. The van der Waals surface area contributed by atoms with E-state index in [2.05, 4.69) is 5.32 Å². The molecule has 1 amide bonds. The van der Waals surface area contributed by atoms with E-state index < -0.39 is 16.8 Å². The van der Waals surface area contributed by atoms with Crippen molar-refractivity contribution in [1.29, 1.82) is 0 Å². The van der Waals surface area contributed by atoms with Gasteiger partial charge in [0.05, 0.1) is 21.2 Å². The molecule has 0 fully saturated rings. The van der Waals surface area contributed by atoms with Gasteiger partial charge in [-0.05, 0) is 42.0 Å². The third kappa shape index (κ3) is 4.40. The average Bonchev–Trinajstić information content (AvgIpc) is 2.55. The van der Waals surface area contributed by atoms with Crippen molar-refractivity contribution >= 4 is 40.9 Å². The van der Waals surface area contributed by atoms with E-state index in [1.165, 1.54) is 54.6 Å². The summed E-state index contributed by atoms with van der Waals surface area (Å²) >= 11 is 5.91. The highest BCUT2D eigenvalue weighted by molar-refractivity contribution is 6.34. The lowest BCUT2D eigenvalue weighted by Crippen LogP contribution is -2.09. The van der Waals surface area contributed by atoms with E-state index in [9.17, 15) is 19.7 Å². The topological polar surface area (TPSA) is 110 Å². The standard InChI is InChI=1S/C16H11ClN2O5/c17-13-7-4-11(16(21)22)9-14(13)18-15(20)8-3-10-1-5-12(6-2-10)19(23)24/h1-9H,(H,18,20)(H,21,22)/b8-3+. The van der Waals surface area contributed by atoms with Crippen molar-refractivity contribution in [2.75, 3.05) is 5.32 Å². The zero-order chi connectivity index (χ0) is 17.7. The molecular weight excluding hydrogens is 336 g/mol. The first-order valence-corrected chi connectivity index (χ1v) is 7.01. The summed E-state index contributed by atoms with van der Waals surface area (Å²) in [6.07, 6.45) is 2.68. The highest BCUT2D eigenvalue weighted by Crippen LogP contribution is 2.23. The van der Waals surface area contributed by atoms with Crippen LogP contribution in [0.4, 0.5) is 11.4 Å². The number of rotatable bonds is 5. The van der Waals surface area contributed by atoms with Crippen molar-refractivity contribution in [1.82, 2.24) is 0 Å². The van der Waals surface area contributed by atoms with Crippen LogP contribution in [-0.2, 0) is 4.79 Å². The fraction of sp³-hybridized carbons (Fsp3) is 0. The van der Waals surface area contributed by atoms with Crippen LogP contribution >= 0.6 is 11.6 Å². The number of carboxylic acid groups (broad SMARTS) is 1. The molecule has 24 heavy (non-hydrogen) atoms. The molecule has 0 radical (unpaired) electrons. The Bertz CT molecular complexity index is 831. The van der Waals surface area contributed by atoms with E-state index in [1.807, 2.05) is 0 Å². The first-order chi connectivity index (χ1) is 11.4. The van der Waals surface area contributed by atoms with Crippen LogP contribution in [0, 0.1) is 10.1 Å². The molecule has 0 atom stereocenters. The number of carbonyl (C=O) groups excluding carboxylic acids is 1. The number of carbonyl (C=O) groups is 2. The lowest BCUT2D eigenvalue weighted by Gasteiger charge is -2.06. The van der Waals surface area contributed by atoms with Crippen molar-refractivity contribution in [3.63, 3.8) is 0 Å². The third-order valence-electron chi connectivity index (χ3n) is 3.00. The maximum absolute atomic E-state index is 11.9. The fourth-order valence-corrected chi connectivity index (χ4v) is 1.97. The molecule has 122 valence electrons. The first-order valence-electron chi connectivity index (χ1n) is 6.63. The van der Waals surface area contributed by atoms with Gasteiger partial charge in [-0.25, -0.2) is 4.79 Å². The number of non-ortho nitro benzene ring substituents is 1. The van der Waals surface area contributed by atoms with Crippen molar-refractivity contribution in [2.24, 2.45) is 0 Å². The van der Waals surface area contributed by atoms with Gasteiger partial charge in [0.25, 0.3) is 5.69 Å². The minimum atomic E-state index is -1.14. The smallest absolute Gasteiger partial charge is 0.335 e. The van der Waals surface area contributed by atoms with E-state index in [0.29, 0.717) is 5.56 Å². The molecule has 0 aliphatic carbocycles. The molecule has 2 N–H and O–H groups in total. The van der Waals surface area contributed by atoms with Gasteiger partial charge in [0.1, 0.15) is 0 Å². The van der Waals surface area contributed by atoms with E-state index >= 15 is 0 Å². The molecule has 0 saturated carbocycles. The van der Waals surface area contributed by atoms with Gasteiger partial charge in [-0.1, -0.05) is 11.6 Å². The molecule has 0 unspecified atom stereocenters. The highest BCUT2D eigenvalue weighted by atomic mass is 35.5. The largest absolute Gasteiger partial charge is 0.478 e. The van der Waals surface area contributed by atoms with Crippen LogP contribution in [0.2, 0.25) is 5.02 Å². The van der Waals surface area contributed by atoms with Crippen molar-refractivity contribution in [2.45, 2.75) is 0 Å². The number of benzene rings is 2. The number of hydrogen-bond acceptors (Lipinski definition) is 4. The molecule has 7 nitrogen and oxygen atoms in total. The van der Waals surface area contributed by atoms with Crippen LogP contribution in [0.3, 0.4) is 0 Å². The van der Waals surface area contributed by atoms with Gasteiger partial charge in [-0.2, -0.15) is 0 Å². The van der Waals surface area contributed by atoms with Gasteiger partial charge < -0.3 is 10.4 Å². The summed E-state index contributed by atoms with van der Waals surface area (Å²) < 4.78 is 0. The first kappa shape index (κ1) is 17.2. The maximum Gasteiger partial charge on any atom is 0.335 e. The number of halogens is 1. The molecule has 2 aromatic carbocycles. The Morgan fingerprint density at radius 1 is 1.17 bits per heavy atom. The number of nitro benzene ring substituents is 1.